The number of ether oxygens (including phenoxy) is 1. The van der Waals surface area contributed by atoms with Crippen molar-refractivity contribution >= 4 is 29.3 Å². The van der Waals surface area contributed by atoms with E-state index in [9.17, 15) is 9.59 Å². The molecule has 0 spiro atoms. The number of aryl methyl sites for hydroxylation is 1. The first-order valence-electron chi connectivity index (χ1n) is 10.5. The van der Waals surface area contributed by atoms with Gasteiger partial charge in [0.25, 0.3) is 0 Å². The lowest BCUT2D eigenvalue weighted by atomic mass is 10.0. The number of hydrogen-bond acceptors (Lipinski definition) is 4. The summed E-state index contributed by atoms with van der Waals surface area (Å²) in [6.45, 7) is 5.67. The van der Waals surface area contributed by atoms with Crippen molar-refractivity contribution in [3.63, 3.8) is 0 Å². The molecular weight excluding hydrogens is 396 g/mol. The average Bonchev–Trinajstić information content (AvgIpc) is 3.28. The number of rotatable bonds is 6. The van der Waals surface area contributed by atoms with Gasteiger partial charge in [-0.3, -0.25) is 9.59 Å². The van der Waals surface area contributed by atoms with E-state index in [-0.39, 0.29) is 17.9 Å². The van der Waals surface area contributed by atoms with Crippen LogP contribution < -0.4 is 10.2 Å². The molecule has 158 valence electrons. The van der Waals surface area contributed by atoms with Crippen LogP contribution in [0.3, 0.4) is 0 Å². The maximum atomic E-state index is 13.5. The minimum atomic E-state index is -0.449. The molecule has 2 aliphatic rings. The van der Waals surface area contributed by atoms with Crippen LogP contribution in [0.1, 0.15) is 30.9 Å². The number of nitrogens with zero attached hydrogens (tertiary/aromatic N) is 1. The van der Waals surface area contributed by atoms with Gasteiger partial charge < -0.3 is 15.0 Å². The highest BCUT2D eigenvalue weighted by atomic mass is 32.2. The lowest BCUT2D eigenvalue weighted by Crippen LogP contribution is -2.48. The van der Waals surface area contributed by atoms with E-state index in [4.69, 9.17) is 4.74 Å². The Bertz CT molecular complexity index is 909. The minimum Gasteiger partial charge on any atom is -0.376 e. The number of carbonyl (C=O) groups is 2. The SMILES string of the molecule is Cc1ccc(CN2C(=O)C(C(C)C(=O)NCC3CCCO3)Sc3ccccc32)cc1. The molecule has 2 aliphatic heterocycles. The molecule has 3 atom stereocenters. The zero-order valence-corrected chi connectivity index (χ0v) is 18.3. The van der Waals surface area contributed by atoms with Crippen LogP contribution in [0, 0.1) is 12.8 Å². The number of hydrogen-bond donors (Lipinski definition) is 1. The molecule has 2 heterocycles. The molecule has 1 fully saturated rings. The average molecular weight is 425 g/mol. The maximum Gasteiger partial charge on any atom is 0.241 e. The number of benzene rings is 2. The van der Waals surface area contributed by atoms with Gasteiger partial charge in [0, 0.05) is 18.0 Å². The zero-order valence-electron chi connectivity index (χ0n) is 17.5. The van der Waals surface area contributed by atoms with Crippen LogP contribution in [0.2, 0.25) is 0 Å². The second-order valence-electron chi connectivity index (χ2n) is 8.09. The summed E-state index contributed by atoms with van der Waals surface area (Å²) in [7, 11) is 0. The Balaban J connectivity index is 1.51. The Morgan fingerprint density at radius 1 is 1.23 bits per heavy atom. The fourth-order valence-electron chi connectivity index (χ4n) is 3.91. The zero-order chi connectivity index (χ0) is 21.1. The third-order valence-corrected chi connectivity index (χ3v) is 7.24. The van der Waals surface area contributed by atoms with Gasteiger partial charge in [-0.1, -0.05) is 48.9 Å². The number of para-hydroxylation sites is 1. The van der Waals surface area contributed by atoms with E-state index in [0.717, 1.165) is 35.6 Å². The lowest BCUT2D eigenvalue weighted by Gasteiger charge is -2.36. The van der Waals surface area contributed by atoms with E-state index in [1.807, 2.05) is 36.1 Å². The summed E-state index contributed by atoms with van der Waals surface area (Å²) in [4.78, 5) is 29.1. The van der Waals surface area contributed by atoms with Gasteiger partial charge in [0.05, 0.1) is 24.3 Å². The molecular formula is C24H28N2O3S. The van der Waals surface area contributed by atoms with Crippen LogP contribution in [0.25, 0.3) is 0 Å². The van der Waals surface area contributed by atoms with Crippen molar-refractivity contribution in [1.82, 2.24) is 5.32 Å². The van der Waals surface area contributed by atoms with Crippen molar-refractivity contribution in [2.45, 2.75) is 49.5 Å². The standard InChI is InChI=1S/C24H28N2O3S/c1-16-9-11-18(12-10-16)15-26-20-7-3-4-8-21(20)30-22(24(26)28)17(2)23(27)25-14-19-6-5-13-29-19/h3-4,7-12,17,19,22H,5-6,13-15H2,1-2H3,(H,25,27). The van der Waals surface area contributed by atoms with Gasteiger partial charge in [0.1, 0.15) is 5.25 Å². The number of anilines is 1. The molecule has 0 aromatic heterocycles. The number of amides is 2. The fraction of sp³-hybridized carbons (Fsp3) is 0.417. The second kappa shape index (κ2) is 9.23. The number of carbonyl (C=O) groups excluding carboxylic acids is 2. The Morgan fingerprint density at radius 3 is 2.73 bits per heavy atom. The molecule has 2 aromatic carbocycles. The van der Waals surface area contributed by atoms with Gasteiger partial charge in [-0.25, -0.2) is 0 Å². The van der Waals surface area contributed by atoms with E-state index >= 15 is 0 Å². The highest BCUT2D eigenvalue weighted by Gasteiger charge is 2.39. The van der Waals surface area contributed by atoms with Gasteiger partial charge in [0.15, 0.2) is 0 Å². The van der Waals surface area contributed by atoms with Crippen molar-refractivity contribution < 1.29 is 14.3 Å². The van der Waals surface area contributed by atoms with Crippen LogP contribution in [0.4, 0.5) is 5.69 Å². The van der Waals surface area contributed by atoms with Crippen LogP contribution in [0.15, 0.2) is 53.4 Å². The van der Waals surface area contributed by atoms with Crippen LogP contribution in [-0.2, 0) is 20.9 Å². The fourth-order valence-corrected chi connectivity index (χ4v) is 5.20. The third-order valence-electron chi connectivity index (χ3n) is 5.78. The first-order valence-corrected chi connectivity index (χ1v) is 11.4. The Labute approximate surface area is 182 Å². The molecule has 2 amide bonds. The highest BCUT2D eigenvalue weighted by Crippen LogP contribution is 2.42. The first-order chi connectivity index (χ1) is 14.5. The Morgan fingerprint density at radius 2 is 2.00 bits per heavy atom. The number of nitrogens with one attached hydrogen (secondary N) is 1. The summed E-state index contributed by atoms with van der Waals surface area (Å²) in [5, 5.41) is 2.54. The summed E-state index contributed by atoms with van der Waals surface area (Å²) < 4.78 is 5.59. The van der Waals surface area contributed by atoms with Crippen molar-refractivity contribution in [2.75, 3.05) is 18.1 Å². The van der Waals surface area contributed by atoms with Gasteiger partial charge >= 0.3 is 0 Å². The summed E-state index contributed by atoms with van der Waals surface area (Å²) in [6.07, 6.45) is 2.11. The summed E-state index contributed by atoms with van der Waals surface area (Å²) in [6, 6.07) is 16.2. The first kappa shape index (κ1) is 20.9. The molecule has 0 bridgehead atoms. The van der Waals surface area contributed by atoms with Crippen LogP contribution >= 0.6 is 11.8 Å². The van der Waals surface area contributed by atoms with Crippen molar-refractivity contribution in [2.24, 2.45) is 5.92 Å². The minimum absolute atomic E-state index is 0.0148. The second-order valence-corrected chi connectivity index (χ2v) is 9.27. The molecule has 1 N–H and O–H groups in total. The summed E-state index contributed by atoms with van der Waals surface area (Å²) in [5.74, 6) is -0.539. The molecule has 30 heavy (non-hydrogen) atoms. The molecule has 0 aliphatic carbocycles. The predicted molar refractivity (Wildman–Crippen MR) is 120 cm³/mol. The smallest absolute Gasteiger partial charge is 0.241 e. The van der Waals surface area contributed by atoms with E-state index in [2.05, 4.69) is 36.5 Å². The van der Waals surface area contributed by atoms with Gasteiger partial charge in [-0.15, -0.1) is 11.8 Å². The van der Waals surface area contributed by atoms with Crippen LogP contribution in [0.5, 0.6) is 0 Å². The number of fused-ring (bicyclic) bond motifs is 1. The molecule has 6 heteroatoms. The van der Waals surface area contributed by atoms with Crippen molar-refractivity contribution in [1.29, 1.82) is 0 Å². The largest absolute Gasteiger partial charge is 0.376 e. The molecule has 3 unspecified atom stereocenters. The summed E-state index contributed by atoms with van der Waals surface area (Å²) in [5.41, 5.74) is 3.18. The molecule has 0 saturated carbocycles. The Hall–Kier alpha value is -2.31. The van der Waals surface area contributed by atoms with E-state index in [0.29, 0.717) is 13.1 Å². The third kappa shape index (κ3) is 4.55. The molecule has 1 saturated heterocycles. The van der Waals surface area contributed by atoms with E-state index in [1.54, 1.807) is 0 Å². The van der Waals surface area contributed by atoms with Crippen LogP contribution in [-0.4, -0.2) is 36.3 Å². The Kier molecular flexibility index (Phi) is 6.44. The van der Waals surface area contributed by atoms with Crippen molar-refractivity contribution in [3.8, 4) is 0 Å². The van der Waals surface area contributed by atoms with Gasteiger partial charge in [0.2, 0.25) is 11.8 Å². The maximum absolute atomic E-state index is 13.5. The predicted octanol–water partition coefficient (Wildman–Crippen LogP) is 3.93. The van der Waals surface area contributed by atoms with E-state index < -0.39 is 11.2 Å². The highest BCUT2D eigenvalue weighted by molar-refractivity contribution is 8.01. The number of thioether (sulfide) groups is 1. The quantitative estimate of drug-likeness (QED) is 0.763. The molecule has 5 nitrogen and oxygen atoms in total. The van der Waals surface area contributed by atoms with E-state index in [1.165, 1.54) is 17.3 Å². The van der Waals surface area contributed by atoms with Gasteiger partial charge in [-0.05, 0) is 37.5 Å². The topological polar surface area (TPSA) is 58.6 Å². The normalized spacial score (nSPS) is 21.9. The van der Waals surface area contributed by atoms with Gasteiger partial charge in [-0.2, -0.15) is 0 Å². The lowest BCUT2D eigenvalue weighted by molar-refractivity contribution is -0.128. The molecule has 2 aromatic rings. The monoisotopic (exact) mass is 424 g/mol. The summed E-state index contributed by atoms with van der Waals surface area (Å²) >= 11 is 1.49. The molecule has 0 radical (unpaired) electrons. The molecule has 4 rings (SSSR count). The van der Waals surface area contributed by atoms with Crippen molar-refractivity contribution in [3.05, 3.63) is 59.7 Å².